The van der Waals surface area contributed by atoms with Gasteiger partial charge in [-0.3, -0.25) is 4.79 Å². The Morgan fingerprint density at radius 2 is 1.89 bits per heavy atom. The third-order valence-corrected chi connectivity index (χ3v) is 2.43. The van der Waals surface area contributed by atoms with Gasteiger partial charge in [-0.25, -0.2) is 0 Å². The molecule has 0 fully saturated rings. The summed E-state index contributed by atoms with van der Waals surface area (Å²) in [5.41, 5.74) is 0. The summed E-state index contributed by atoms with van der Waals surface area (Å²) in [5, 5.41) is 5.94. The van der Waals surface area contributed by atoms with Gasteiger partial charge >= 0.3 is 0 Å². The largest absolute Gasteiger partial charge is 0.383 e. The van der Waals surface area contributed by atoms with Crippen molar-refractivity contribution in [2.75, 3.05) is 53.7 Å². The van der Waals surface area contributed by atoms with E-state index in [2.05, 4.69) is 10.6 Å². The zero-order valence-electron chi connectivity index (χ0n) is 12.4. The number of hydrogen-bond donors (Lipinski definition) is 2. The fourth-order valence-electron chi connectivity index (χ4n) is 1.52. The molecule has 0 aromatic heterocycles. The highest BCUT2D eigenvalue weighted by atomic mass is 16.5. The second-order valence-electron chi connectivity index (χ2n) is 4.41. The van der Waals surface area contributed by atoms with E-state index in [9.17, 15) is 4.79 Å². The first-order valence-electron chi connectivity index (χ1n) is 6.76. The quantitative estimate of drug-likeness (QED) is 0.469. The Balaban J connectivity index is 3.23. The monoisotopic (exact) mass is 276 g/mol. The van der Waals surface area contributed by atoms with Gasteiger partial charge in [0.1, 0.15) is 0 Å². The van der Waals surface area contributed by atoms with Crippen molar-refractivity contribution < 1.29 is 19.0 Å². The maximum atomic E-state index is 11.5. The number of hydrogen-bond acceptors (Lipinski definition) is 5. The fraction of sp³-hybridized carbons (Fsp3) is 0.923. The highest BCUT2D eigenvalue weighted by molar-refractivity contribution is 5.78. The zero-order chi connectivity index (χ0) is 14.3. The predicted octanol–water partition coefficient (Wildman–Crippen LogP) is 0.170. The summed E-state index contributed by atoms with van der Waals surface area (Å²) in [5.74, 6) is 0.000828. The van der Waals surface area contributed by atoms with E-state index in [0.717, 1.165) is 26.0 Å². The van der Waals surface area contributed by atoms with Crippen LogP contribution in [0.4, 0.5) is 0 Å². The number of nitrogens with one attached hydrogen (secondary N) is 2. The Bertz CT molecular complexity index is 215. The summed E-state index contributed by atoms with van der Waals surface area (Å²) in [6.45, 7) is 5.63. The molecule has 0 spiro atoms. The van der Waals surface area contributed by atoms with Crippen molar-refractivity contribution in [3.05, 3.63) is 0 Å². The normalized spacial score (nSPS) is 12.4. The van der Waals surface area contributed by atoms with Gasteiger partial charge in [0.25, 0.3) is 0 Å². The Morgan fingerprint density at radius 1 is 1.11 bits per heavy atom. The number of rotatable bonds is 13. The molecule has 2 N–H and O–H groups in total. The molecule has 0 saturated heterocycles. The molecule has 19 heavy (non-hydrogen) atoms. The van der Waals surface area contributed by atoms with Crippen LogP contribution in [0.5, 0.6) is 0 Å². The number of ether oxygens (including phenoxy) is 3. The Hall–Kier alpha value is -0.690. The first-order chi connectivity index (χ1) is 9.20. The predicted molar refractivity (Wildman–Crippen MR) is 74.3 cm³/mol. The van der Waals surface area contributed by atoms with E-state index in [1.165, 1.54) is 0 Å². The molecule has 0 saturated carbocycles. The van der Waals surface area contributed by atoms with Gasteiger partial charge in [0.15, 0.2) is 0 Å². The van der Waals surface area contributed by atoms with Gasteiger partial charge < -0.3 is 24.8 Å². The van der Waals surface area contributed by atoms with Gasteiger partial charge in [-0.1, -0.05) is 0 Å². The lowest BCUT2D eigenvalue weighted by molar-refractivity contribution is -0.121. The molecule has 0 radical (unpaired) electrons. The summed E-state index contributed by atoms with van der Waals surface area (Å²) in [7, 11) is 3.28. The van der Waals surface area contributed by atoms with Gasteiger partial charge in [-0.2, -0.15) is 0 Å². The minimum Gasteiger partial charge on any atom is -0.383 e. The molecule has 0 bridgehead atoms. The number of unbranched alkanes of at least 4 members (excludes halogenated alkanes) is 1. The average molecular weight is 276 g/mol. The number of amides is 1. The van der Waals surface area contributed by atoms with E-state index in [-0.39, 0.29) is 11.9 Å². The smallest absolute Gasteiger partial charge is 0.234 e. The van der Waals surface area contributed by atoms with Crippen molar-refractivity contribution in [2.45, 2.75) is 25.8 Å². The third-order valence-electron chi connectivity index (χ3n) is 2.43. The first-order valence-corrected chi connectivity index (χ1v) is 6.76. The van der Waals surface area contributed by atoms with Crippen LogP contribution in [-0.4, -0.2) is 65.7 Å². The van der Waals surface area contributed by atoms with Crippen LogP contribution in [0.25, 0.3) is 0 Å². The van der Waals surface area contributed by atoms with E-state index in [1.807, 2.05) is 6.92 Å². The highest BCUT2D eigenvalue weighted by Gasteiger charge is 2.05. The van der Waals surface area contributed by atoms with E-state index in [0.29, 0.717) is 26.4 Å². The number of carbonyl (C=O) groups excluding carboxylic acids is 1. The molecule has 0 rings (SSSR count). The fourth-order valence-corrected chi connectivity index (χ4v) is 1.52. The van der Waals surface area contributed by atoms with E-state index >= 15 is 0 Å². The van der Waals surface area contributed by atoms with E-state index < -0.39 is 0 Å². The second-order valence-corrected chi connectivity index (χ2v) is 4.41. The Kier molecular flexibility index (Phi) is 13.2. The lowest BCUT2D eigenvalue weighted by atomic mass is 10.3. The van der Waals surface area contributed by atoms with Crippen LogP contribution in [0.2, 0.25) is 0 Å². The van der Waals surface area contributed by atoms with Crippen molar-refractivity contribution in [1.82, 2.24) is 10.6 Å². The van der Waals surface area contributed by atoms with Crippen molar-refractivity contribution >= 4 is 5.91 Å². The molecular formula is C13H28N2O4. The van der Waals surface area contributed by atoms with Crippen molar-refractivity contribution in [1.29, 1.82) is 0 Å². The lowest BCUT2D eigenvalue weighted by Crippen LogP contribution is -2.41. The van der Waals surface area contributed by atoms with Crippen LogP contribution >= 0.6 is 0 Å². The van der Waals surface area contributed by atoms with Crippen molar-refractivity contribution in [2.24, 2.45) is 0 Å². The van der Waals surface area contributed by atoms with Gasteiger partial charge in [-0.15, -0.1) is 0 Å². The molecule has 0 aromatic rings. The molecular weight excluding hydrogens is 248 g/mol. The number of methoxy groups -OCH3 is 2. The molecule has 1 amide bonds. The van der Waals surface area contributed by atoms with Crippen LogP contribution in [-0.2, 0) is 19.0 Å². The van der Waals surface area contributed by atoms with Gasteiger partial charge in [-0.05, 0) is 26.3 Å². The van der Waals surface area contributed by atoms with Gasteiger partial charge in [0.2, 0.25) is 5.91 Å². The van der Waals surface area contributed by atoms with E-state index in [4.69, 9.17) is 14.2 Å². The standard InChI is InChI=1S/C13H28N2O4/c1-12(11-18-3)15-13(16)10-14-6-4-5-7-19-9-8-17-2/h12,14H,4-11H2,1-3H3,(H,15,16). The first kappa shape index (κ1) is 18.3. The maximum Gasteiger partial charge on any atom is 0.234 e. The van der Waals surface area contributed by atoms with Crippen LogP contribution in [0, 0.1) is 0 Å². The average Bonchev–Trinajstić information content (AvgIpc) is 2.37. The zero-order valence-corrected chi connectivity index (χ0v) is 12.4. The number of carbonyl (C=O) groups is 1. The molecule has 0 aliphatic carbocycles. The summed E-state index contributed by atoms with van der Waals surface area (Å²) in [6, 6.07) is 0.0495. The molecule has 0 aliphatic heterocycles. The molecule has 6 nitrogen and oxygen atoms in total. The summed E-state index contributed by atoms with van der Waals surface area (Å²) in [6.07, 6.45) is 1.98. The van der Waals surface area contributed by atoms with Crippen molar-refractivity contribution in [3.8, 4) is 0 Å². The minimum absolute atomic E-state index is 0.000828. The Labute approximate surface area is 116 Å². The SMILES string of the molecule is COCCOCCCCNCC(=O)NC(C)COC. The van der Waals surface area contributed by atoms with Crippen LogP contribution in [0.3, 0.4) is 0 Å². The molecule has 1 unspecified atom stereocenters. The van der Waals surface area contributed by atoms with Crippen LogP contribution < -0.4 is 10.6 Å². The Morgan fingerprint density at radius 3 is 2.58 bits per heavy atom. The van der Waals surface area contributed by atoms with Gasteiger partial charge in [0, 0.05) is 26.9 Å². The van der Waals surface area contributed by atoms with Gasteiger partial charge in [0.05, 0.1) is 26.4 Å². The van der Waals surface area contributed by atoms with Crippen LogP contribution in [0.15, 0.2) is 0 Å². The van der Waals surface area contributed by atoms with Crippen LogP contribution in [0.1, 0.15) is 19.8 Å². The van der Waals surface area contributed by atoms with E-state index in [1.54, 1.807) is 14.2 Å². The highest BCUT2D eigenvalue weighted by Crippen LogP contribution is 1.89. The topological polar surface area (TPSA) is 68.8 Å². The summed E-state index contributed by atoms with van der Waals surface area (Å²) < 4.78 is 15.2. The van der Waals surface area contributed by atoms with Crippen molar-refractivity contribution in [3.63, 3.8) is 0 Å². The molecule has 0 heterocycles. The molecule has 1 atom stereocenters. The molecule has 6 heteroatoms. The minimum atomic E-state index is 0.000828. The summed E-state index contributed by atoms with van der Waals surface area (Å²) in [4.78, 5) is 11.5. The third kappa shape index (κ3) is 13.5. The lowest BCUT2D eigenvalue weighted by Gasteiger charge is -2.13. The molecule has 114 valence electrons. The second kappa shape index (κ2) is 13.7. The molecule has 0 aromatic carbocycles. The molecule has 0 aliphatic rings. The summed E-state index contributed by atoms with van der Waals surface area (Å²) >= 11 is 0. The maximum absolute atomic E-state index is 11.5.